The zero-order chi connectivity index (χ0) is 14.6. The van der Waals surface area contributed by atoms with E-state index in [1.165, 1.54) is 13.0 Å². The van der Waals surface area contributed by atoms with Crippen molar-refractivity contribution in [3.05, 3.63) is 0 Å². The van der Waals surface area contributed by atoms with E-state index < -0.39 is 0 Å². The first-order chi connectivity index (χ1) is 9.57. The third-order valence-corrected chi connectivity index (χ3v) is 5.02. The van der Waals surface area contributed by atoms with E-state index in [1.54, 1.807) is 0 Å². The van der Waals surface area contributed by atoms with Gasteiger partial charge in [0.15, 0.2) is 0 Å². The molecule has 0 aromatic rings. The number of hydrogen-bond acceptors (Lipinski definition) is 3. The van der Waals surface area contributed by atoms with E-state index in [-0.39, 0.29) is 5.41 Å². The van der Waals surface area contributed by atoms with Crippen LogP contribution in [0.5, 0.6) is 0 Å². The molecule has 0 bridgehead atoms. The number of piperidine rings is 1. The first-order valence-electron chi connectivity index (χ1n) is 8.22. The van der Waals surface area contributed by atoms with Crippen LogP contribution in [0, 0.1) is 11.3 Å². The largest absolute Gasteiger partial charge is 0.345 e. The van der Waals surface area contributed by atoms with Crippen LogP contribution in [0.25, 0.3) is 0 Å². The van der Waals surface area contributed by atoms with Gasteiger partial charge in [-0.3, -0.25) is 4.79 Å². The molecule has 4 nitrogen and oxygen atoms in total. The maximum absolute atomic E-state index is 13.0. The molecule has 20 heavy (non-hydrogen) atoms. The van der Waals surface area contributed by atoms with Gasteiger partial charge in [0.2, 0.25) is 5.91 Å². The Hall–Kier alpha value is -0.610. The molecule has 2 aliphatic heterocycles. The highest BCUT2D eigenvalue weighted by molar-refractivity contribution is 5.83. The van der Waals surface area contributed by atoms with Gasteiger partial charge >= 0.3 is 0 Å². The number of carbonyl (C=O) groups excluding carboxylic acids is 1. The third-order valence-electron chi connectivity index (χ3n) is 5.02. The summed E-state index contributed by atoms with van der Waals surface area (Å²) in [5.74, 6) is 1.03. The lowest BCUT2D eigenvalue weighted by Gasteiger charge is -2.39. The topological polar surface area (TPSA) is 35.6 Å². The average molecular weight is 281 g/mol. The van der Waals surface area contributed by atoms with Gasteiger partial charge in [-0.1, -0.05) is 13.3 Å². The molecule has 2 rings (SSSR count). The summed E-state index contributed by atoms with van der Waals surface area (Å²) in [5, 5.41) is 3.44. The summed E-state index contributed by atoms with van der Waals surface area (Å²) in [6.45, 7) is 7.36. The maximum atomic E-state index is 13.0. The molecule has 0 radical (unpaired) electrons. The molecule has 0 aliphatic carbocycles. The summed E-state index contributed by atoms with van der Waals surface area (Å²) in [7, 11) is 4.18. The number of likely N-dealkylation sites (tertiary alicyclic amines) is 1. The maximum Gasteiger partial charge on any atom is 0.229 e. The van der Waals surface area contributed by atoms with Crippen molar-refractivity contribution in [1.82, 2.24) is 15.1 Å². The van der Waals surface area contributed by atoms with Crippen LogP contribution in [-0.4, -0.2) is 62.5 Å². The molecule has 2 heterocycles. The molecule has 0 saturated carbocycles. The molecule has 1 amide bonds. The summed E-state index contributed by atoms with van der Waals surface area (Å²) in [5.41, 5.74) is -0.133. The van der Waals surface area contributed by atoms with Gasteiger partial charge in [0.1, 0.15) is 0 Å². The Kier molecular flexibility index (Phi) is 5.44. The molecular weight excluding hydrogens is 250 g/mol. The second-order valence-electron chi connectivity index (χ2n) is 6.91. The van der Waals surface area contributed by atoms with Crippen LogP contribution in [0.3, 0.4) is 0 Å². The summed E-state index contributed by atoms with van der Waals surface area (Å²) in [6.07, 6.45) is 5.53. The van der Waals surface area contributed by atoms with Crippen LogP contribution >= 0.6 is 0 Å². The predicted molar refractivity (Wildman–Crippen MR) is 82.7 cm³/mol. The Bertz CT molecular complexity index is 320. The zero-order valence-electron chi connectivity index (χ0n) is 13.5. The lowest BCUT2D eigenvalue weighted by molar-refractivity contribution is -0.143. The molecule has 2 fully saturated rings. The van der Waals surface area contributed by atoms with Crippen molar-refractivity contribution in [2.75, 3.05) is 46.8 Å². The van der Waals surface area contributed by atoms with Gasteiger partial charge in [0.25, 0.3) is 0 Å². The number of nitrogens with zero attached hydrogens (tertiary/aromatic N) is 2. The van der Waals surface area contributed by atoms with Crippen molar-refractivity contribution in [3.8, 4) is 0 Å². The van der Waals surface area contributed by atoms with Gasteiger partial charge < -0.3 is 15.1 Å². The van der Waals surface area contributed by atoms with Gasteiger partial charge in [0.05, 0.1) is 5.41 Å². The van der Waals surface area contributed by atoms with E-state index in [4.69, 9.17) is 0 Å². The highest BCUT2D eigenvalue weighted by Gasteiger charge is 2.40. The quantitative estimate of drug-likeness (QED) is 0.831. The van der Waals surface area contributed by atoms with Crippen LogP contribution in [0.2, 0.25) is 0 Å². The number of carbonyl (C=O) groups is 1. The molecule has 0 aromatic heterocycles. The fourth-order valence-corrected chi connectivity index (χ4v) is 4.00. The van der Waals surface area contributed by atoms with Crippen LogP contribution in [0.1, 0.15) is 39.0 Å². The zero-order valence-corrected chi connectivity index (χ0v) is 13.5. The van der Waals surface area contributed by atoms with E-state index in [0.717, 1.165) is 51.9 Å². The van der Waals surface area contributed by atoms with Crippen LogP contribution in [0.4, 0.5) is 0 Å². The Balaban J connectivity index is 1.95. The van der Waals surface area contributed by atoms with Crippen LogP contribution < -0.4 is 5.32 Å². The Labute approximate surface area is 123 Å². The minimum atomic E-state index is -0.133. The molecule has 1 N–H and O–H groups in total. The van der Waals surface area contributed by atoms with Crippen molar-refractivity contribution in [3.63, 3.8) is 0 Å². The normalized spacial score (nSPS) is 31.4. The fraction of sp³-hybridized carbons (Fsp3) is 0.938. The van der Waals surface area contributed by atoms with Gasteiger partial charge in [-0.2, -0.15) is 0 Å². The Morgan fingerprint density at radius 1 is 1.50 bits per heavy atom. The average Bonchev–Trinajstić information content (AvgIpc) is 2.84. The van der Waals surface area contributed by atoms with Crippen molar-refractivity contribution < 1.29 is 4.79 Å². The van der Waals surface area contributed by atoms with Crippen molar-refractivity contribution in [2.45, 2.75) is 39.0 Å². The summed E-state index contributed by atoms with van der Waals surface area (Å²) < 4.78 is 0. The lowest BCUT2D eigenvalue weighted by Crippen LogP contribution is -2.51. The lowest BCUT2D eigenvalue weighted by atomic mass is 9.75. The third kappa shape index (κ3) is 3.53. The first kappa shape index (κ1) is 15.8. The monoisotopic (exact) mass is 281 g/mol. The van der Waals surface area contributed by atoms with Crippen molar-refractivity contribution in [1.29, 1.82) is 0 Å². The number of hydrogen-bond donors (Lipinski definition) is 1. The highest BCUT2D eigenvalue weighted by Crippen LogP contribution is 2.34. The molecule has 2 unspecified atom stereocenters. The molecule has 2 saturated heterocycles. The minimum Gasteiger partial charge on any atom is -0.345 e. The van der Waals surface area contributed by atoms with Gasteiger partial charge in [-0.15, -0.1) is 0 Å². The van der Waals surface area contributed by atoms with Gasteiger partial charge in [-0.05, 0) is 51.7 Å². The molecular formula is C16H31N3O. The highest BCUT2D eigenvalue weighted by atomic mass is 16.2. The van der Waals surface area contributed by atoms with E-state index in [9.17, 15) is 4.79 Å². The molecule has 2 atom stereocenters. The summed E-state index contributed by atoms with van der Waals surface area (Å²) in [4.78, 5) is 17.3. The smallest absolute Gasteiger partial charge is 0.229 e. The van der Waals surface area contributed by atoms with Crippen LogP contribution in [-0.2, 0) is 4.79 Å². The van der Waals surface area contributed by atoms with Gasteiger partial charge in [-0.25, -0.2) is 0 Å². The minimum absolute atomic E-state index is 0.133. The number of nitrogens with one attached hydrogen (secondary N) is 1. The SMILES string of the molecule is CCCC1(C(=O)N(C)CC2CCN(C)C2)CCCNC1. The molecule has 0 spiro atoms. The van der Waals surface area contributed by atoms with E-state index in [1.807, 2.05) is 11.9 Å². The second-order valence-corrected chi connectivity index (χ2v) is 6.91. The Morgan fingerprint density at radius 3 is 2.85 bits per heavy atom. The van der Waals surface area contributed by atoms with Gasteiger partial charge in [0, 0.05) is 26.7 Å². The standard InChI is InChI=1S/C16H31N3O/c1-4-7-16(8-5-9-17-13-16)15(20)19(3)12-14-6-10-18(2)11-14/h14,17H,4-13H2,1-3H3. The van der Waals surface area contributed by atoms with E-state index in [2.05, 4.69) is 24.2 Å². The van der Waals surface area contributed by atoms with E-state index >= 15 is 0 Å². The van der Waals surface area contributed by atoms with Crippen LogP contribution in [0.15, 0.2) is 0 Å². The predicted octanol–water partition coefficient (Wildman–Crippen LogP) is 1.57. The summed E-state index contributed by atoms with van der Waals surface area (Å²) >= 11 is 0. The first-order valence-corrected chi connectivity index (χ1v) is 8.22. The number of rotatable bonds is 5. The summed E-state index contributed by atoms with van der Waals surface area (Å²) in [6, 6.07) is 0. The molecule has 4 heteroatoms. The fourth-order valence-electron chi connectivity index (χ4n) is 4.00. The second kappa shape index (κ2) is 6.90. The van der Waals surface area contributed by atoms with E-state index in [0.29, 0.717) is 11.8 Å². The van der Waals surface area contributed by atoms with Crippen molar-refractivity contribution in [2.24, 2.45) is 11.3 Å². The molecule has 116 valence electrons. The Morgan fingerprint density at radius 2 is 2.30 bits per heavy atom. The number of amides is 1. The molecule has 0 aromatic carbocycles. The molecule has 2 aliphatic rings. The van der Waals surface area contributed by atoms with Crippen molar-refractivity contribution >= 4 is 5.91 Å².